The molecule has 0 fully saturated rings. The van der Waals surface area contributed by atoms with Crippen LogP contribution in [-0.4, -0.2) is 34.3 Å². The van der Waals surface area contributed by atoms with Gasteiger partial charge in [0.05, 0.1) is 17.0 Å². The first kappa shape index (κ1) is 14.3. The molecule has 0 atom stereocenters. The fourth-order valence-corrected chi connectivity index (χ4v) is 1.88. The molecule has 1 aromatic heterocycles. The number of anilines is 1. The van der Waals surface area contributed by atoms with Crippen LogP contribution in [-0.2, 0) is 4.79 Å². The molecular formula is C11H15N3O3S. The van der Waals surface area contributed by atoms with E-state index < -0.39 is 5.97 Å². The lowest BCUT2D eigenvalue weighted by Gasteiger charge is -2.05. The summed E-state index contributed by atoms with van der Waals surface area (Å²) < 4.78 is 0. The summed E-state index contributed by atoms with van der Waals surface area (Å²) in [4.78, 5) is 26.0. The second-order valence-electron chi connectivity index (χ2n) is 3.56. The Morgan fingerprint density at radius 2 is 2.28 bits per heavy atom. The molecule has 1 aromatic rings. The third-order valence-electron chi connectivity index (χ3n) is 2.04. The van der Waals surface area contributed by atoms with Crippen LogP contribution in [0.1, 0.15) is 23.7 Å². The number of carbonyl (C=O) groups excluding carboxylic acids is 1. The minimum absolute atomic E-state index is 0.0345. The number of nitrogens with two attached hydrogens (primary N) is 1. The molecule has 0 aliphatic carbocycles. The van der Waals surface area contributed by atoms with Crippen molar-refractivity contribution in [1.82, 2.24) is 10.3 Å². The lowest BCUT2D eigenvalue weighted by atomic mass is 10.3. The molecular weight excluding hydrogens is 254 g/mol. The van der Waals surface area contributed by atoms with Gasteiger partial charge < -0.3 is 16.2 Å². The van der Waals surface area contributed by atoms with Crippen molar-refractivity contribution in [2.45, 2.75) is 18.4 Å². The van der Waals surface area contributed by atoms with Crippen molar-refractivity contribution < 1.29 is 14.7 Å². The van der Waals surface area contributed by atoms with E-state index in [1.54, 1.807) is 0 Å². The van der Waals surface area contributed by atoms with Gasteiger partial charge in [0.2, 0.25) is 5.91 Å². The molecule has 1 rings (SSSR count). The predicted molar refractivity (Wildman–Crippen MR) is 69.6 cm³/mol. The number of carboxylic acid groups (broad SMARTS) is 1. The minimum atomic E-state index is -1.08. The van der Waals surface area contributed by atoms with Gasteiger partial charge in [0, 0.05) is 12.7 Å². The molecule has 98 valence electrons. The van der Waals surface area contributed by atoms with Crippen LogP contribution < -0.4 is 11.1 Å². The van der Waals surface area contributed by atoms with Crippen molar-refractivity contribution in [1.29, 1.82) is 0 Å². The number of pyridine rings is 1. The minimum Gasteiger partial charge on any atom is -0.478 e. The third kappa shape index (κ3) is 4.25. The quantitative estimate of drug-likeness (QED) is 0.665. The van der Waals surface area contributed by atoms with Crippen LogP contribution in [0.2, 0.25) is 0 Å². The SMILES string of the molecule is CCCNC(=O)CSc1ncc(C(=O)O)cc1N. The van der Waals surface area contributed by atoms with Gasteiger partial charge in [-0.25, -0.2) is 9.78 Å². The number of rotatable bonds is 6. The zero-order chi connectivity index (χ0) is 13.5. The zero-order valence-corrected chi connectivity index (χ0v) is 10.8. The Balaban J connectivity index is 2.58. The maximum Gasteiger partial charge on any atom is 0.337 e. The number of aromatic nitrogens is 1. The first-order chi connectivity index (χ1) is 8.54. The number of nitrogen functional groups attached to an aromatic ring is 1. The topological polar surface area (TPSA) is 105 Å². The van der Waals surface area contributed by atoms with Crippen molar-refractivity contribution >= 4 is 29.3 Å². The summed E-state index contributed by atoms with van der Waals surface area (Å²) in [6.07, 6.45) is 2.11. The van der Waals surface area contributed by atoms with Crippen LogP contribution in [0.5, 0.6) is 0 Å². The van der Waals surface area contributed by atoms with E-state index in [9.17, 15) is 9.59 Å². The van der Waals surface area contributed by atoms with Crippen LogP contribution in [0, 0.1) is 0 Å². The van der Waals surface area contributed by atoms with Crippen LogP contribution in [0.4, 0.5) is 5.69 Å². The Morgan fingerprint density at radius 1 is 1.56 bits per heavy atom. The highest BCUT2D eigenvalue weighted by Gasteiger charge is 2.09. The molecule has 0 unspecified atom stereocenters. The van der Waals surface area contributed by atoms with E-state index in [4.69, 9.17) is 10.8 Å². The molecule has 0 aliphatic heterocycles. The fourth-order valence-electron chi connectivity index (χ4n) is 1.16. The average Bonchev–Trinajstić information content (AvgIpc) is 2.34. The van der Waals surface area contributed by atoms with Gasteiger partial charge in [0.15, 0.2) is 0 Å². The number of carboxylic acids is 1. The van der Waals surface area contributed by atoms with Crippen LogP contribution in [0.25, 0.3) is 0 Å². The van der Waals surface area contributed by atoms with E-state index in [1.807, 2.05) is 6.92 Å². The van der Waals surface area contributed by atoms with E-state index in [2.05, 4.69) is 10.3 Å². The molecule has 0 saturated carbocycles. The van der Waals surface area contributed by atoms with E-state index in [0.29, 0.717) is 11.6 Å². The monoisotopic (exact) mass is 269 g/mol. The molecule has 1 amide bonds. The summed E-state index contributed by atoms with van der Waals surface area (Å²) in [7, 11) is 0. The maximum absolute atomic E-state index is 11.4. The highest BCUT2D eigenvalue weighted by atomic mass is 32.2. The van der Waals surface area contributed by atoms with Gasteiger partial charge >= 0.3 is 5.97 Å². The molecule has 0 aromatic carbocycles. The summed E-state index contributed by atoms with van der Waals surface area (Å²) in [5.74, 6) is -0.958. The Kier molecular flexibility index (Phi) is 5.44. The normalized spacial score (nSPS) is 10.1. The Bertz CT molecular complexity index is 451. The third-order valence-corrected chi connectivity index (χ3v) is 3.06. The Hall–Kier alpha value is -1.76. The summed E-state index contributed by atoms with van der Waals surface area (Å²) >= 11 is 1.18. The molecule has 0 aliphatic rings. The van der Waals surface area contributed by atoms with Crippen molar-refractivity contribution in [3.63, 3.8) is 0 Å². The number of aromatic carboxylic acids is 1. The van der Waals surface area contributed by atoms with E-state index >= 15 is 0 Å². The van der Waals surface area contributed by atoms with Crippen LogP contribution >= 0.6 is 11.8 Å². The molecule has 6 nitrogen and oxygen atoms in total. The smallest absolute Gasteiger partial charge is 0.337 e. The van der Waals surface area contributed by atoms with Gasteiger partial charge in [-0.2, -0.15) is 0 Å². The largest absolute Gasteiger partial charge is 0.478 e. The lowest BCUT2D eigenvalue weighted by Crippen LogP contribution is -2.25. The number of hydrogen-bond donors (Lipinski definition) is 3. The molecule has 0 bridgehead atoms. The first-order valence-electron chi connectivity index (χ1n) is 5.43. The van der Waals surface area contributed by atoms with E-state index in [-0.39, 0.29) is 22.9 Å². The summed E-state index contributed by atoms with van der Waals surface area (Å²) in [6.45, 7) is 2.61. The van der Waals surface area contributed by atoms with Crippen LogP contribution in [0.3, 0.4) is 0 Å². The second-order valence-corrected chi connectivity index (χ2v) is 4.53. The Labute approximate surface area is 109 Å². The second kappa shape index (κ2) is 6.85. The molecule has 0 saturated heterocycles. The highest BCUT2D eigenvalue weighted by molar-refractivity contribution is 8.00. The molecule has 1 heterocycles. The van der Waals surface area contributed by atoms with Gasteiger partial charge in [-0.15, -0.1) is 0 Å². The van der Waals surface area contributed by atoms with Gasteiger partial charge in [-0.1, -0.05) is 18.7 Å². The average molecular weight is 269 g/mol. The molecule has 0 radical (unpaired) electrons. The van der Waals surface area contributed by atoms with E-state index in [0.717, 1.165) is 6.42 Å². The number of nitrogens with one attached hydrogen (secondary N) is 1. The summed E-state index contributed by atoms with van der Waals surface area (Å²) in [5.41, 5.74) is 5.97. The van der Waals surface area contributed by atoms with Gasteiger partial charge in [0.1, 0.15) is 5.03 Å². The summed E-state index contributed by atoms with van der Waals surface area (Å²) in [6, 6.07) is 1.33. The molecule has 7 heteroatoms. The number of thioether (sulfide) groups is 1. The molecule has 18 heavy (non-hydrogen) atoms. The number of carbonyl (C=O) groups is 2. The molecule has 0 spiro atoms. The maximum atomic E-state index is 11.4. The zero-order valence-electron chi connectivity index (χ0n) is 9.97. The summed E-state index contributed by atoms with van der Waals surface area (Å²) in [5, 5.41) is 11.9. The van der Waals surface area contributed by atoms with Crippen molar-refractivity contribution in [2.24, 2.45) is 0 Å². The Morgan fingerprint density at radius 3 is 2.83 bits per heavy atom. The predicted octanol–water partition coefficient (Wildman–Crippen LogP) is 0.980. The number of amides is 1. The first-order valence-corrected chi connectivity index (χ1v) is 6.41. The fraction of sp³-hybridized carbons (Fsp3) is 0.364. The van der Waals surface area contributed by atoms with Crippen molar-refractivity contribution in [3.05, 3.63) is 17.8 Å². The van der Waals surface area contributed by atoms with Gasteiger partial charge in [-0.05, 0) is 12.5 Å². The lowest BCUT2D eigenvalue weighted by molar-refractivity contribution is -0.118. The number of hydrogen-bond acceptors (Lipinski definition) is 5. The van der Waals surface area contributed by atoms with Gasteiger partial charge in [0.25, 0.3) is 0 Å². The van der Waals surface area contributed by atoms with Crippen molar-refractivity contribution in [3.8, 4) is 0 Å². The van der Waals surface area contributed by atoms with Crippen LogP contribution in [0.15, 0.2) is 17.3 Å². The standard InChI is InChI=1S/C11H15N3O3S/c1-2-3-13-9(15)6-18-10-8(12)4-7(5-14-10)11(16)17/h4-5H,2-3,6,12H2,1H3,(H,13,15)(H,16,17). The van der Waals surface area contributed by atoms with Gasteiger partial charge in [-0.3, -0.25) is 4.79 Å². The molecule has 4 N–H and O–H groups in total. The number of nitrogens with zero attached hydrogens (tertiary/aromatic N) is 1. The van der Waals surface area contributed by atoms with Crippen molar-refractivity contribution in [2.75, 3.05) is 18.0 Å². The highest BCUT2D eigenvalue weighted by Crippen LogP contribution is 2.22. The van der Waals surface area contributed by atoms with E-state index in [1.165, 1.54) is 24.0 Å².